The lowest BCUT2D eigenvalue weighted by atomic mass is 10.1. The second kappa shape index (κ2) is 6.37. The second-order valence-electron chi connectivity index (χ2n) is 6.46. The molecule has 1 unspecified atom stereocenters. The third kappa shape index (κ3) is 5.21. The Labute approximate surface area is 112 Å². The molecule has 1 rings (SSSR count). The van der Waals surface area contributed by atoms with Gasteiger partial charge in [-0.25, -0.2) is 0 Å². The highest BCUT2D eigenvalue weighted by Crippen LogP contribution is 2.12. The zero-order valence-corrected chi connectivity index (χ0v) is 12.9. The van der Waals surface area contributed by atoms with E-state index in [4.69, 9.17) is 0 Å². The van der Waals surface area contributed by atoms with E-state index in [1.165, 1.54) is 18.4 Å². The predicted octanol–water partition coefficient (Wildman–Crippen LogP) is 3.52. The molecule has 0 aliphatic rings. The molecule has 18 heavy (non-hydrogen) atoms. The molecule has 0 aliphatic heterocycles. The van der Waals surface area contributed by atoms with Gasteiger partial charge in [0.25, 0.3) is 0 Å². The van der Waals surface area contributed by atoms with Gasteiger partial charge < -0.3 is 5.32 Å². The van der Waals surface area contributed by atoms with Gasteiger partial charge in [-0.1, -0.05) is 20.3 Å². The van der Waals surface area contributed by atoms with Gasteiger partial charge in [0, 0.05) is 30.4 Å². The van der Waals surface area contributed by atoms with E-state index in [1.807, 2.05) is 0 Å². The average Bonchev–Trinajstić information content (AvgIpc) is 2.55. The minimum atomic E-state index is 0.157. The summed E-state index contributed by atoms with van der Waals surface area (Å²) in [6.07, 6.45) is 4.72. The van der Waals surface area contributed by atoms with E-state index in [0.29, 0.717) is 5.92 Å². The molecule has 1 atom stereocenters. The van der Waals surface area contributed by atoms with Gasteiger partial charge in [-0.3, -0.25) is 4.68 Å². The molecule has 0 amide bonds. The summed E-state index contributed by atoms with van der Waals surface area (Å²) in [5, 5.41) is 8.13. The Hall–Kier alpha value is -0.830. The van der Waals surface area contributed by atoms with Crippen molar-refractivity contribution in [1.82, 2.24) is 15.1 Å². The maximum absolute atomic E-state index is 4.61. The minimum Gasteiger partial charge on any atom is -0.308 e. The van der Waals surface area contributed by atoms with Crippen LogP contribution in [-0.4, -0.2) is 15.3 Å². The summed E-state index contributed by atoms with van der Waals surface area (Å²) in [7, 11) is 0. The Bertz CT molecular complexity index is 360. The lowest BCUT2D eigenvalue weighted by molar-refractivity contribution is 0.416. The number of nitrogens with one attached hydrogen (secondary N) is 1. The van der Waals surface area contributed by atoms with Crippen LogP contribution in [0.2, 0.25) is 0 Å². The fourth-order valence-corrected chi connectivity index (χ4v) is 2.09. The standard InChI is InChI=1S/C15H29N3/c1-7-8-12(2)10-18-11-14(13(3)17-18)9-16-15(4,5)6/h11-12,16H,7-10H2,1-6H3. The van der Waals surface area contributed by atoms with Crippen LogP contribution < -0.4 is 5.32 Å². The van der Waals surface area contributed by atoms with Crippen LogP contribution in [0.5, 0.6) is 0 Å². The molecule has 104 valence electrons. The van der Waals surface area contributed by atoms with Crippen LogP contribution in [-0.2, 0) is 13.1 Å². The SMILES string of the molecule is CCCC(C)Cn1cc(CNC(C)(C)C)c(C)n1. The van der Waals surface area contributed by atoms with Gasteiger partial charge in [0.2, 0.25) is 0 Å². The molecule has 0 spiro atoms. The first-order chi connectivity index (χ1) is 8.31. The van der Waals surface area contributed by atoms with Crippen LogP contribution in [0.25, 0.3) is 0 Å². The summed E-state index contributed by atoms with van der Waals surface area (Å²) in [6.45, 7) is 15.1. The lowest BCUT2D eigenvalue weighted by Gasteiger charge is -2.20. The van der Waals surface area contributed by atoms with Crippen molar-refractivity contribution in [1.29, 1.82) is 0 Å². The van der Waals surface area contributed by atoms with Crippen LogP contribution in [0.15, 0.2) is 6.20 Å². The van der Waals surface area contributed by atoms with Gasteiger partial charge in [0.15, 0.2) is 0 Å². The van der Waals surface area contributed by atoms with Gasteiger partial charge in [-0.2, -0.15) is 5.10 Å². The molecule has 3 nitrogen and oxygen atoms in total. The number of rotatable bonds is 6. The van der Waals surface area contributed by atoms with Crippen molar-refractivity contribution in [2.45, 2.75) is 73.0 Å². The second-order valence-corrected chi connectivity index (χ2v) is 6.46. The molecule has 0 bridgehead atoms. The summed E-state index contributed by atoms with van der Waals surface area (Å²) < 4.78 is 2.11. The van der Waals surface area contributed by atoms with Gasteiger partial charge in [-0.15, -0.1) is 0 Å². The van der Waals surface area contributed by atoms with Gasteiger partial charge in [-0.05, 0) is 40.0 Å². The van der Waals surface area contributed by atoms with Crippen molar-refractivity contribution >= 4 is 0 Å². The fraction of sp³-hybridized carbons (Fsp3) is 0.800. The molecule has 1 heterocycles. The number of nitrogens with zero attached hydrogens (tertiary/aromatic N) is 2. The predicted molar refractivity (Wildman–Crippen MR) is 77.6 cm³/mol. The van der Waals surface area contributed by atoms with Gasteiger partial charge >= 0.3 is 0 Å². The van der Waals surface area contributed by atoms with E-state index >= 15 is 0 Å². The molecule has 0 aliphatic carbocycles. The topological polar surface area (TPSA) is 29.9 Å². The minimum absolute atomic E-state index is 0.157. The summed E-state index contributed by atoms with van der Waals surface area (Å²) >= 11 is 0. The zero-order valence-electron chi connectivity index (χ0n) is 12.9. The zero-order chi connectivity index (χ0) is 13.8. The highest BCUT2D eigenvalue weighted by Gasteiger charge is 2.12. The van der Waals surface area contributed by atoms with E-state index in [0.717, 1.165) is 18.8 Å². The summed E-state index contributed by atoms with van der Waals surface area (Å²) in [5.74, 6) is 0.706. The molecule has 1 aromatic heterocycles. The molecule has 0 fully saturated rings. The van der Waals surface area contributed by atoms with Crippen molar-refractivity contribution in [3.63, 3.8) is 0 Å². The smallest absolute Gasteiger partial charge is 0.0638 e. The van der Waals surface area contributed by atoms with E-state index in [2.05, 4.69) is 62.8 Å². The highest BCUT2D eigenvalue weighted by molar-refractivity contribution is 5.15. The van der Waals surface area contributed by atoms with E-state index < -0.39 is 0 Å². The highest BCUT2D eigenvalue weighted by atomic mass is 15.3. The van der Waals surface area contributed by atoms with E-state index in [-0.39, 0.29) is 5.54 Å². The van der Waals surface area contributed by atoms with Crippen molar-refractivity contribution in [2.75, 3.05) is 0 Å². The Morgan fingerprint density at radius 2 is 2.06 bits per heavy atom. The van der Waals surface area contributed by atoms with Crippen LogP contribution in [0.3, 0.4) is 0 Å². The summed E-state index contributed by atoms with van der Waals surface area (Å²) in [5.41, 5.74) is 2.62. The van der Waals surface area contributed by atoms with Crippen molar-refractivity contribution < 1.29 is 0 Å². The molecule has 0 aromatic carbocycles. The van der Waals surface area contributed by atoms with Crippen LogP contribution >= 0.6 is 0 Å². The third-order valence-corrected chi connectivity index (χ3v) is 3.14. The third-order valence-electron chi connectivity index (χ3n) is 3.14. The molecular weight excluding hydrogens is 222 g/mol. The number of hydrogen-bond donors (Lipinski definition) is 1. The lowest BCUT2D eigenvalue weighted by Crippen LogP contribution is -2.35. The summed E-state index contributed by atoms with van der Waals surface area (Å²) in [6, 6.07) is 0. The van der Waals surface area contributed by atoms with Crippen LogP contribution in [0.1, 0.15) is 58.7 Å². The molecule has 0 saturated carbocycles. The Kier molecular flexibility index (Phi) is 5.39. The first-order valence-electron chi connectivity index (χ1n) is 7.09. The Balaban J connectivity index is 2.58. The van der Waals surface area contributed by atoms with Crippen LogP contribution in [0.4, 0.5) is 0 Å². The van der Waals surface area contributed by atoms with E-state index in [1.54, 1.807) is 0 Å². The number of aryl methyl sites for hydroxylation is 1. The number of aromatic nitrogens is 2. The largest absolute Gasteiger partial charge is 0.308 e. The Morgan fingerprint density at radius 1 is 1.39 bits per heavy atom. The van der Waals surface area contributed by atoms with Crippen molar-refractivity contribution in [3.05, 3.63) is 17.5 Å². The Morgan fingerprint density at radius 3 is 2.61 bits per heavy atom. The van der Waals surface area contributed by atoms with E-state index in [9.17, 15) is 0 Å². The average molecular weight is 251 g/mol. The van der Waals surface area contributed by atoms with Crippen molar-refractivity contribution in [2.24, 2.45) is 5.92 Å². The first kappa shape index (κ1) is 15.2. The fourth-order valence-electron chi connectivity index (χ4n) is 2.09. The molecule has 0 saturated heterocycles. The molecule has 1 N–H and O–H groups in total. The van der Waals surface area contributed by atoms with Crippen LogP contribution in [0, 0.1) is 12.8 Å². The van der Waals surface area contributed by atoms with Crippen molar-refractivity contribution in [3.8, 4) is 0 Å². The number of hydrogen-bond acceptors (Lipinski definition) is 2. The molecular formula is C15H29N3. The molecule has 1 aromatic rings. The quantitative estimate of drug-likeness (QED) is 0.838. The van der Waals surface area contributed by atoms with Gasteiger partial charge in [0.05, 0.1) is 5.69 Å². The first-order valence-corrected chi connectivity index (χ1v) is 7.09. The normalized spacial score (nSPS) is 13.9. The maximum atomic E-state index is 4.61. The monoisotopic (exact) mass is 251 g/mol. The maximum Gasteiger partial charge on any atom is 0.0638 e. The summed E-state index contributed by atoms with van der Waals surface area (Å²) in [4.78, 5) is 0. The van der Waals surface area contributed by atoms with Gasteiger partial charge in [0.1, 0.15) is 0 Å². The molecule has 0 radical (unpaired) electrons. The molecule has 3 heteroatoms.